The van der Waals surface area contributed by atoms with E-state index in [-0.39, 0.29) is 0 Å². The summed E-state index contributed by atoms with van der Waals surface area (Å²) < 4.78 is 7.05. The molecular weight excluding hydrogens is 224 g/mol. The number of hydrogen-bond acceptors (Lipinski definition) is 2. The van der Waals surface area contributed by atoms with Crippen LogP contribution in [0.1, 0.15) is 12.5 Å². The Hall–Kier alpha value is -1.66. The number of aromatic nitrogens is 1. The molecule has 0 unspecified atom stereocenters. The van der Waals surface area contributed by atoms with Crippen LogP contribution in [0.3, 0.4) is 0 Å². The van der Waals surface area contributed by atoms with E-state index in [9.17, 15) is 0 Å². The van der Waals surface area contributed by atoms with E-state index in [2.05, 4.69) is 6.07 Å². The van der Waals surface area contributed by atoms with E-state index in [0.717, 1.165) is 23.2 Å². The Labute approximate surface area is 98.8 Å². The molecular formula is C12H11ClN2O. The number of methoxy groups -OCH3 is 1. The van der Waals surface area contributed by atoms with Crippen molar-refractivity contribution in [1.29, 1.82) is 5.26 Å². The molecule has 0 saturated carbocycles. The van der Waals surface area contributed by atoms with Gasteiger partial charge < -0.3 is 9.30 Å². The molecule has 0 N–H and O–H groups in total. The maximum absolute atomic E-state index is 9.10. The van der Waals surface area contributed by atoms with Crippen LogP contribution < -0.4 is 4.74 Å². The fraction of sp³-hybridized carbons (Fsp3) is 0.250. The van der Waals surface area contributed by atoms with Crippen LogP contribution >= 0.6 is 11.6 Å². The Balaban J connectivity index is 2.85. The van der Waals surface area contributed by atoms with Gasteiger partial charge in [0.15, 0.2) is 0 Å². The van der Waals surface area contributed by atoms with Gasteiger partial charge in [-0.3, -0.25) is 0 Å². The summed E-state index contributed by atoms with van der Waals surface area (Å²) in [5.41, 5.74) is 1.47. The molecule has 1 heterocycles. The summed E-state index contributed by atoms with van der Waals surface area (Å²) in [7, 11) is 1.60. The van der Waals surface area contributed by atoms with Gasteiger partial charge in [-0.05, 0) is 25.1 Å². The Kier molecular flexibility index (Phi) is 2.76. The predicted octanol–water partition coefficient (Wildman–Crippen LogP) is 3.19. The van der Waals surface area contributed by atoms with E-state index < -0.39 is 0 Å². The standard InChI is InChI=1S/C12H11ClN2O/c1-3-15-11-5-4-8(16-2)6-9(11)10(7-14)12(15)13/h4-6H,3H2,1-2H3. The summed E-state index contributed by atoms with van der Waals surface area (Å²) in [6, 6.07) is 7.76. The Morgan fingerprint density at radius 1 is 1.50 bits per heavy atom. The highest BCUT2D eigenvalue weighted by Gasteiger charge is 2.14. The second-order valence-corrected chi connectivity index (χ2v) is 3.76. The van der Waals surface area contributed by atoms with Crippen molar-refractivity contribution in [3.05, 3.63) is 28.9 Å². The maximum atomic E-state index is 9.10. The molecule has 0 amide bonds. The number of aryl methyl sites for hydroxylation is 1. The molecule has 4 heteroatoms. The minimum Gasteiger partial charge on any atom is -0.497 e. The Morgan fingerprint density at radius 2 is 2.25 bits per heavy atom. The number of rotatable bonds is 2. The van der Waals surface area contributed by atoms with Crippen molar-refractivity contribution >= 4 is 22.5 Å². The van der Waals surface area contributed by atoms with Gasteiger partial charge in [0.05, 0.1) is 18.2 Å². The summed E-state index contributed by atoms with van der Waals surface area (Å²) in [4.78, 5) is 0. The Bertz CT molecular complexity index is 581. The molecule has 0 spiro atoms. The molecule has 0 saturated heterocycles. The average molecular weight is 235 g/mol. The third-order valence-corrected chi connectivity index (χ3v) is 3.03. The molecule has 2 aromatic rings. The van der Waals surface area contributed by atoms with Crippen molar-refractivity contribution in [3.8, 4) is 11.8 Å². The van der Waals surface area contributed by atoms with Gasteiger partial charge in [-0.2, -0.15) is 5.26 Å². The van der Waals surface area contributed by atoms with E-state index in [1.807, 2.05) is 29.7 Å². The smallest absolute Gasteiger partial charge is 0.128 e. The minimum absolute atomic E-state index is 0.494. The van der Waals surface area contributed by atoms with E-state index in [1.165, 1.54) is 0 Å². The summed E-state index contributed by atoms with van der Waals surface area (Å²) in [5.74, 6) is 0.730. The first-order valence-electron chi connectivity index (χ1n) is 4.98. The zero-order valence-corrected chi connectivity index (χ0v) is 9.88. The molecule has 0 atom stereocenters. The van der Waals surface area contributed by atoms with Crippen molar-refractivity contribution < 1.29 is 4.74 Å². The largest absolute Gasteiger partial charge is 0.497 e. The van der Waals surface area contributed by atoms with Crippen molar-refractivity contribution in [3.63, 3.8) is 0 Å². The average Bonchev–Trinajstić information content (AvgIpc) is 2.59. The topological polar surface area (TPSA) is 38.0 Å². The molecule has 0 aliphatic carbocycles. The fourth-order valence-electron chi connectivity index (χ4n) is 1.85. The first-order chi connectivity index (χ1) is 7.72. The van der Waals surface area contributed by atoms with Crippen LogP contribution in [0.4, 0.5) is 0 Å². The first-order valence-corrected chi connectivity index (χ1v) is 5.36. The van der Waals surface area contributed by atoms with Gasteiger partial charge in [0.2, 0.25) is 0 Å². The van der Waals surface area contributed by atoms with Crippen molar-refractivity contribution in [2.45, 2.75) is 13.5 Å². The van der Waals surface area contributed by atoms with Crippen LogP contribution in [0.25, 0.3) is 10.9 Å². The van der Waals surface area contributed by atoms with E-state index in [0.29, 0.717) is 10.7 Å². The van der Waals surface area contributed by atoms with Crippen LogP contribution in [0.5, 0.6) is 5.75 Å². The Morgan fingerprint density at radius 3 is 2.81 bits per heavy atom. The number of fused-ring (bicyclic) bond motifs is 1. The van der Waals surface area contributed by atoms with Gasteiger partial charge in [-0.1, -0.05) is 11.6 Å². The highest BCUT2D eigenvalue weighted by molar-refractivity contribution is 6.32. The van der Waals surface area contributed by atoms with Crippen LogP contribution in [-0.2, 0) is 6.54 Å². The molecule has 1 aromatic heterocycles. The lowest BCUT2D eigenvalue weighted by Gasteiger charge is -2.03. The molecule has 0 fully saturated rings. The van der Waals surface area contributed by atoms with Gasteiger partial charge in [0.25, 0.3) is 0 Å². The number of ether oxygens (including phenoxy) is 1. The van der Waals surface area contributed by atoms with Crippen LogP contribution in [0, 0.1) is 11.3 Å². The molecule has 2 rings (SSSR count). The first kappa shape index (κ1) is 10.8. The number of nitriles is 1. The summed E-state index contributed by atoms with van der Waals surface area (Å²) in [6.07, 6.45) is 0. The molecule has 0 radical (unpaired) electrons. The quantitative estimate of drug-likeness (QED) is 0.800. The predicted molar refractivity (Wildman–Crippen MR) is 63.9 cm³/mol. The minimum atomic E-state index is 0.494. The number of nitrogens with zero attached hydrogens (tertiary/aromatic N) is 2. The number of hydrogen-bond donors (Lipinski definition) is 0. The lowest BCUT2D eigenvalue weighted by Crippen LogP contribution is -1.93. The molecule has 1 aromatic carbocycles. The van der Waals surface area contributed by atoms with Gasteiger partial charge in [-0.15, -0.1) is 0 Å². The van der Waals surface area contributed by atoms with Gasteiger partial charge in [0, 0.05) is 11.9 Å². The second kappa shape index (κ2) is 4.07. The lowest BCUT2D eigenvalue weighted by atomic mass is 10.2. The molecule has 82 valence electrons. The SMILES string of the molecule is CCn1c(Cl)c(C#N)c2cc(OC)ccc21. The zero-order chi connectivity index (χ0) is 11.7. The molecule has 16 heavy (non-hydrogen) atoms. The molecule has 0 aliphatic rings. The van der Waals surface area contributed by atoms with Gasteiger partial charge in [-0.25, -0.2) is 0 Å². The van der Waals surface area contributed by atoms with Gasteiger partial charge >= 0.3 is 0 Å². The normalized spacial score (nSPS) is 10.4. The maximum Gasteiger partial charge on any atom is 0.128 e. The summed E-state index contributed by atoms with van der Waals surface area (Å²) >= 11 is 6.15. The number of benzene rings is 1. The van der Waals surface area contributed by atoms with Crippen molar-refractivity contribution in [2.24, 2.45) is 0 Å². The van der Waals surface area contributed by atoms with E-state index >= 15 is 0 Å². The van der Waals surface area contributed by atoms with E-state index in [1.54, 1.807) is 7.11 Å². The highest BCUT2D eigenvalue weighted by Crippen LogP contribution is 2.31. The third kappa shape index (κ3) is 1.43. The highest BCUT2D eigenvalue weighted by atomic mass is 35.5. The molecule has 0 bridgehead atoms. The number of halogens is 1. The fourth-order valence-corrected chi connectivity index (χ4v) is 2.20. The summed E-state index contributed by atoms with van der Waals surface area (Å²) in [5, 5.41) is 10.4. The van der Waals surface area contributed by atoms with Crippen LogP contribution in [0.2, 0.25) is 5.15 Å². The van der Waals surface area contributed by atoms with E-state index in [4.69, 9.17) is 21.6 Å². The lowest BCUT2D eigenvalue weighted by molar-refractivity contribution is 0.415. The van der Waals surface area contributed by atoms with Crippen molar-refractivity contribution in [1.82, 2.24) is 4.57 Å². The zero-order valence-electron chi connectivity index (χ0n) is 9.12. The molecule has 3 nitrogen and oxygen atoms in total. The van der Waals surface area contributed by atoms with Gasteiger partial charge in [0.1, 0.15) is 17.0 Å². The molecule has 0 aliphatic heterocycles. The van der Waals surface area contributed by atoms with Crippen LogP contribution in [-0.4, -0.2) is 11.7 Å². The summed E-state index contributed by atoms with van der Waals surface area (Å²) in [6.45, 7) is 2.74. The van der Waals surface area contributed by atoms with Crippen molar-refractivity contribution in [2.75, 3.05) is 7.11 Å². The van der Waals surface area contributed by atoms with Crippen LogP contribution in [0.15, 0.2) is 18.2 Å². The third-order valence-electron chi connectivity index (χ3n) is 2.64. The second-order valence-electron chi connectivity index (χ2n) is 3.40. The monoisotopic (exact) mass is 234 g/mol.